The number of halogens is 1. The summed E-state index contributed by atoms with van der Waals surface area (Å²) in [6, 6.07) is 3.68. The number of amides is 1. The fourth-order valence-electron chi connectivity index (χ4n) is 2.46. The van der Waals surface area contributed by atoms with E-state index < -0.39 is 27.8 Å². The Hall–Kier alpha value is -1.47. The lowest BCUT2D eigenvalue weighted by Crippen LogP contribution is -2.49. The summed E-state index contributed by atoms with van der Waals surface area (Å²) in [5.41, 5.74) is 0.825. The van der Waals surface area contributed by atoms with Crippen LogP contribution in [0.25, 0.3) is 0 Å². The van der Waals surface area contributed by atoms with E-state index in [0.717, 1.165) is 19.1 Å². The number of nitrogens with one attached hydrogen (secondary N) is 1. The van der Waals surface area contributed by atoms with Crippen LogP contribution in [-0.4, -0.2) is 37.5 Å². The predicted molar refractivity (Wildman–Crippen MR) is 79.0 cm³/mol. The van der Waals surface area contributed by atoms with Crippen LogP contribution in [0.5, 0.6) is 0 Å². The molecule has 7 heteroatoms. The van der Waals surface area contributed by atoms with Crippen LogP contribution < -0.4 is 5.32 Å². The first kappa shape index (κ1) is 15.9. The molecule has 1 saturated heterocycles. The zero-order chi connectivity index (χ0) is 15.6. The highest BCUT2D eigenvalue weighted by Crippen LogP contribution is 2.22. The molecule has 1 aromatic rings. The lowest BCUT2D eigenvalue weighted by Gasteiger charge is -2.32. The van der Waals surface area contributed by atoms with Gasteiger partial charge in [-0.25, -0.2) is 12.8 Å². The summed E-state index contributed by atoms with van der Waals surface area (Å²) in [7, 11) is -3.43. The van der Waals surface area contributed by atoms with E-state index in [1.165, 1.54) is 10.4 Å². The second-order valence-corrected chi connectivity index (χ2v) is 7.27. The van der Waals surface area contributed by atoms with Gasteiger partial charge in [0.1, 0.15) is 11.9 Å². The maximum absolute atomic E-state index is 13.5. The fourth-order valence-corrected chi connectivity index (χ4v) is 3.58. The van der Waals surface area contributed by atoms with Crippen molar-refractivity contribution in [3.8, 4) is 0 Å². The first-order valence-corrected chi connectivity index (χ1v) is 8.67. The Morgan fingerprint density at radius 2 is 2.10 bits per heavy atom. The molecular formula is C14H19FN2O3S. The normalized spacial score (nSPS) is 20.2. The van der Waals surface area contributed by atoms with Gasteiger partial charge in [0.25, 0.3) is 0 Å². The second kappa shape index (κ2) is 6.11. The fraction of sp³-hybridized carbons (Fsp3) is 0.500. The van der Waals surface area contributed by atoms with Gasteiger partial charge in [-0.2, -0.15) is 4.31 Å². The van der Waals surface area contributed by atoms with Crippen LogP contribution in [0, 0.1) is 12.7 Å². The predicted octanol–water partition coefficient (Wildman–Crippen LogP) is 1.89. The van der Waals surface area contributed by atoms with Crippen LogP contribution in [0.1, 0.15) is 24.8 Å². The Morgan fingerprint density at radius 3 is 2.71 bits per heavy atom. The number of benzene rings is 1. The summed E-state index contributed by atoms with van der Waals surface area (Å²) in [6.07, 6.45) is 3.12. The van der Waals surface area contributed by atoms with Crippen LogP contribution in [0.2, 0.25) is 0 Å². The average molecular weight is 314 g/mol. The minimum Gasteiger partial charge on any atom is -0.325 e. The monoisotopic (exact) mass is 314 g/mol. The summed E-state index contributed by atoms with van der Waals surface area (Å²) in [4.78, 5) is 12.3. The third kappa shape index (κ3) is 3.79. The van der Waals surface area contributed by atoms with E-state index in [1.54, 1.807) is 19.1 Å². The molecule has 1 aromatic carbocycles. The van der Waals surface area contributed by atoms with Crippen molar-refractivity contribution < 1.29 is 17.6 Å². The number of rotatable bonds is 3. The molecule has 1 atom stereocenters. The van der Waals surface area contributed by atoms with Gasteiger partial charge in [0.05, 0.1) is 6.26 Å². The van der Waals surface area contributed by atoms with Crippen molar-refractivity contribution in [1.29, 1.82) is 0 Å². The number of nitrogens with zero attached hydrogens (tertiary/aromatic N) is 1. The lowest BCUT2D eigenvalue weighted by atomic mass is 10.0. The number of aryl methyl sites for hydroxylation is 1. The van der Waals surface area contributed by atoms with E-state index in [2.05, 4.69) is 5.32 Å². The highest BCUT2D eigenvalue weighted by atomic mass is 32.2. The van der Waals surface area contributed by atoms with Gasteiger partial charge in [-0.05, 0) is 37.5 Å². The zero-order valence-corrected chi connectivity index (χ0v) is 12.9. The van der Waals surface area contributed by atoms with Crippen molar-refractivity contribution in [1.82, 2.24) is 4.31 Å². The van der Waals surface area contributed by atoms with Crippen molar-refractivity contribution in [2.75, 3.05) is 18.1 Å². The van der Waals surface area contributed by atoms with Crippen LogP contribution in [-0.2, 0) is 14.8 Å². The quantitative estimate of drug-likeness (QED) is 0.926. The van der Waals surface area contributed by atoms with Gasteiger partial charge in [0.15, 0.2) is 0 Å². The summed E-state index contributed by atoms with van der Waals surface area (Å²) < 4.78 is 38.2. The Kier molecular flexibility index (Phi) is 4.63. The first-order valence-electron chi connectivity index (χ1n) is 6.83. The minimum atomic E-state index is -3.43. The summed E-state index contributed by atoms with van der Waals surface area (Å²) in [6.45, 7) is 1.98. The van der Waals surface area contributed by atoms with Gasteiger partial charge in [-0.1, -0.05) is 12.5 Å². The maximum Gasteiger partial charge on any atom is 0.242 e. The highest BCUT2D eigenvalue weighted by Gasteiger charge is 2.34. The number of hydrogen-bond acceptors (Lipinski definition) is 3. The van der Waals surface area contributed by atoms with Crippen LogP contribution in [0.15, 0.2) is 18.2 Å². The molecule has 0 spiro atoms. The molecule has 1 fully saturated rings. The first-order chi connectivity index (χ1) is 9.79. The van der Waals surface area contributed by atoms with Crippen molar-refractivity contribution in [3.05, 3.63) is 29.6 Å². The molecule has 21 heavy (non-hydrogen) atoms. The van der Waals surface area contributed by atoms with Crippen molar-refractivity contribution in [2.24, 2.45) is 0 Å². The number of piperidine rings is 1. The molecule has 1 N–H and O–H groups in total. The third-order valence-corrected chi connectivity index (χ3v) is 4.91. The smallest absolute Gasteiger partial charge is 0.242 e. The standard InChI is InChI=1S/C14H19FN2O3S/c1-10-6-7-11(9-12(10)15)16-14(18)13-5-3-4-8-17(13)21(2,19)20/h6-7,9,13H,3-5,8H2,1-2H3,(H,16,18). The molecule has 0 bridgehead atoms. The number of carbonyl (C=O) groups excluding carboxylic acids is 1. The van der Waals surface area contributed by atoms with Gasteiger partial charge >= 0.3 is 0 Å². The Labute approximate surface area is 124 Å². The molecule has 1 heterocycles. The molecule has 0 aliphatic carbocycles. The molecule has 1 aliphatic rings. The minimum absolute atomic E-state index is 0.335. The maximum atomic E-state index is 13.5. The average Bonchev–Trinajstić information content (AvgIpc) is 2.42. The largest absolute Gasteiger partial charge is 0.325 e. The third-order valence-electron chi connectivity index (χ3n) is 3.62. The summed E-state index contributed by atoms with van der Waals surface area (Å²) in [5.74, 6) is -0.820. The van der Waals surface area contributed by atoms with Crippen molar-refractivity contribution in [2.45, 2.75) is 32.2 Å². The number of sulfonamides is 1. The molecule has 116 valence electrons. The van der Waals surface area contributed by atoms with Gasteiger partial charge in [0.2, 0.25) is 15.9 Å². The van der Waals surface area contributed by atoms with E-state index in [9.17, 15) is 17.6 Å². The van der Waals surface area contributed by atoms with Crippen molar-refractivity contribution >= 4 is 21.6 Å². The molecule has 1 aliphatic heterocycles. The van der Waals surface area contributed by atoms with Gasteiger partial charge < -0.3 is 5.32 Å². The lowest BCUT2D eigenvalue weighted by molar-refractivity contribution is -0.120. The van der Waals surface area contributed by atoms with Crippen LogP contribution >= 0.6 is 0 Å². The van der Waals surface area contributed by atoms with E-state index in [0.29, 0.717) is 24.2 Å². The molecule has 0 radical (unpaired) electrons. The SMILES string of the molecule is Cc1ccc(NC(=O)C2CCCCN2S(C)(=O)=O)cc1F. The van der Waals surface area contributed by atoms with Gasteiger partial charge in [-0.15, -0.1) is 0 Å². The van der Waals surface area contributed by atoms with E-state index in [-0.39, 0.29) is 0 Å². The number of anilines is 1. The number of carbonyl (C=O) groups is 1. The molecule has 0 saturated carbocycles. The highest BCUT2D eigenvalue weighted by molar-refractivity contribution is 7.88. The van der Waals surface area contributed by atoms with E-state index in [4.69, 9.17) is 0 Å². The molecular weight excluding hydrogens is 295 g/mol. The molecule has 1 amide bonds. The Morgan fingerprint density at radius 1 is 1.38 bits per heavy atom. The molecule has 2 rings (SSSR count). The Bertz CT molecular complexity index is 646. The summed E-state index contributed by atoms with van der Waals surface area (Å²) >= 11 is 0. The zero-order valence-electron chi connectivity index (χ0n) is 12.1. The Balaban J connectivity index is 2.16. The molecule has 0 aromatic heterocycles. The number of hydrogen-bond donors (Lipinski definition) is 1. The van der Waals surface area contributed by atoms with Gasteiger partial charge in [-0.3, -0.25) is 4.79 Å². The molecule has 5 nitrogen and oxygen atoms in total. The molecule has 1 unspecified atom stereocenters. The van der Waals surface area contributed by atoms with Crippen molar-refractivity contribution in [3.63, 3.8) is 0 Å². The van der Waals surface area contributed by atoms with Crippen LogP contribution in [0.3, 0.4) is 0 Å². The summed E-state index contributed by atoms with van der Waals surface area (Å²) in [5, 5.41) is 2.60. The van der Waals surface area contributed by atoms with E-state index in [1.807, 2.05) is 0 Å². The second-order valence-electron chi connectivity index (χ2n) is 5.34. The van der Waals surface area contributed by atoms with Gasteiger partial charge in [0, 0.05) is 12.2 Å². The van der Waals surface area contributed by atoms with Crippen LogP contribution in [0.4, 0.5) is 10.1 Å². The topological polar surface area (TPSA) is 66.5 Å². The van der Waals surface area contributed by atoms with E-state index >= 15 is 0 Å².